The maximum Gasteiger partial charge on any atom is 0.280 e. The number of amidine groups is 1. The van der Waals surface area contributed by atoms with Crippen LogP contribution in [0.5, 0.6) is 0 Å². The largest absolute Gasteiger partial charge is 0.385 e. The Bertz CT molecular complexity index is 1080. The second-order valence-electron chi connectivity index (χ2n) is 7.31. The standard InChI is InChI=1S/C20H17F4N5O/c1-18(22)10-20(23,24)19(2,29-17(18)26)12-4-3-5-13(15(12)21)28-16(30)14-7-6-11(8-25)9-27-14/h3-7,9H,10H2,1-2H3,(H2,26,29)(H,28,30)/t18-,19+/m0/s1. The van der Waals surface area contributed by atoms with Crippen LogP contribution in [0, 0.1) is 17.1 Å². The number of carbonyl (C=O) groups is 1. The van der Waals surface area contributed by atoms with E-state index in [-0.39, 0.29) is 16.9 Å². The molecule has 0 saturated carbocycles. The van der Waals surface area contributed by atoms with E-state index in [0.29, 0.717) is 0 Å². The van der Waals surface area contributed by atoms with Gasteiger partial charge in [0.15, 0.2) is 17.0 Å². The number of aliphatic imine (C=N–C) groups is 1. The molecule has 0 unspecified atom stereocenters. The lowest BCUT2D eigenvalue weighted by atomic mass is 9.77. The zero-order chi connectivity index (χ0) is 22.3. The highest BCUT2D eigenvalue weighted by atomic mass is 19.3. The Morgan fingerprint density at radius 3 is 2.53 bits per heavy atom. The predicted molar refractivity (Wildman–Crippen MR) is 101 cm³/mol. The molecule has 30 heavy (non-hydrogen) atoms. The van der Waals surface area contributed by atoms with Gasteiger partial charge in [0.25, 0.3) is 11.8 Å². The third-order valence-electron chi connectivity index (χ3n) is 5.04. The van der Waals surface area contributed by atoms with Gasteiger partial charge in [-0.3, -0.25) is 9.79 Å². The van der Waals surface area contributed by atoms with Crippen molar-refractivity contribution in [3.8, 4) is 6.07 Å². The Kier molecular flexibility index (Phi) is 5.02. The lowest BCUT2D eigenvalue weighted by molar-refractivity contribution is -0.106. The first-order valence-electron chi connectivity index (χ1n) is 8.80. The highest BCUT2D eigenvalue weighted by Crippen LogP contribution is 2.50. The molecule has 1 aliphatic rings. The van der Waals surface area contributed by atoms with Crippen molar-refractivity contribution in [1.82, 2.24) is 4.98 Å². The summed E-state index contributed by atoms with van der Waals surface area (Å²) in [5.41, 5.74) is -0.288. The summed E-state index contributed by atoms with van der Waals surface area (Å²) in [5.74, 6) is -6.37. The number of anilines is 1. The minimum Gasteiger partial charge on any atom is -0.385 e. The molecule has 0 saturated heterocycles. The van der Waals surface area contributed by atoms with Gasteiger partial charge >= 0.3 is 0 Å². The summed E-state index contributed by atoms with van der Waals surface area (Å²) in [6.07, 6.45) is -0.103. The van der Waals surface area contributed by atoms with Gasteiger partial charge in [-0.1, -0.05) is 12.1 Å². The smallest absolute Gasteiger partial charge is 0.280 e. The third kappa shape index (κ3) is 3.47. The lowest BCUT2D eigenvalue weighted by Crippen LogP contribution is -2.56. The van der Waals surface area contributed by atoms with Crippen molar-refractivity contribution < 1.29 is 22.4 Å². The number of nitrogens with one attached hydrogen (secondary N) is 1. The van der Waals surface area contributed by atoms with Crippen LogP contribution in [0.25, 0.3) is 0 Å². The average molecular weight is 419 g/mol. The van der Waals surface area contributed by atoms with E-state index in [1.807, 2.05) is 6.07 Å². The predicted octanol–water partition coefficient (Wildman–Crippen LogP) is 3.68. The van der Waals surface area contributed by atoms with Crippen LogP contribution < -0.4 is 11.1 Å². The molecule has 0 aliphatic carbocycles. The van der Waals surface area contributed by atoms with Crippen molar-refractivity contribution >= 4 is 17.4 Å². The van der Waals surface area contributed by atoms with Gasteiger partial charge in [0.2, 0.25) is 0 Å². The number of nitriles is 1. The topological polar surface area (TPSA) is 104 Å². The van der Waals surface area contributed by atoms with Crippen LogP contribution in [0.3, 0.4) is 0 Å². The summed E-state index contributed by atoms with van der Waals surface area (Å²) >= 11 is 0. The molecule has 2 heterocycles. The summed E-state index contributed by atoms with van der Waals surface area (Å²) in [6.45, 7) is 1.85. The Labute approximate surface area is 169 Å². The number of halogens is 4. The highest BCUT2D eigenvalue weighted by Gasteiger charge is 2.60. The number of pyridine rings is 1. The van der Waals surface area contributed by atoms with E-state index in [1.54, 1.807) is 0 Å². The number of alkyl halides is 3. The average Bonchev–Trinajstić information content (AvgIpc) is 2.67. The summed E-state index contributed by atoms with van der Waals surface area (Å²) in [5, 5.41) is 11.0. The van der Waals surface area contributed by atoms with Crippen molar-refractivity contribution in [2.24, 2.45) is 10.7 Å². The van der Waals surface area contributed by atoms with Gasteiger partial charge in [-0.25, -0.2) is 22.5 Å². The normalized spacial score (nSPS) is 25.2. The number of hydrogen-bond acceptors (Lipinski definition) is 5. The fourth-order valence-corrected chi connectivity index (χ4v) is 3.16. The molecule has 3 rings (SSSR count). The van der Waals surface area contributed by atoms with Gasteiger partial charge < -0.3 is 11.1 Å². The Morgan fingerprint density at radius 1 is 1.23 bits per heavy atom. The molecular weight excluding hydrogens is 402 g/mol. The molecule has 3 N–H and O–H groups in total. The molecule has 0 spiro atoms. The molecule has 1 aromatic heterocycles. The quantitative estimate of drug-likeness (QED) is 0.741. The maximum absolute atomic E-state index is 15.1. The van der Waals surface area contributed by atoms with Crippen molar-refractivity contribution in [2.75, 3.05) is 5.32 Å². The second-order valence-corrected chi connectivity index (χ2v) is 7.31. The molecule has 2 atom stereocenters. The Hall–Kier alpha value is -3.48. The van der Waals surface area contributed by atoms with Crippen molar-refractivity contribution in [3.63, 3.8) is 0 Å². The summed E-state index contributed by atoms with van der Waals surface area (Å²) in [6, 6.07) is 7.97. The Balaban J connectivity index is 1.99. The fourth-order valence-electron chi connectivity index (χ4n) is 3.16. The lowest BCUT2D eigenvalue weighted by Gasteiger charge is -2.42. The van der Waals surface area contributed by atoms with E-state index in [2.05, 4.69) is 15.3 Å². The first kappa shape index (κ1) is 21.2. The van der Waals surface area contributed by atoms with Gasteiger partial charge in [-0.15, -0.1) is 0 Å². The number of nitrogens with two attached hydrogens (primary N) is 1. The zero-order valence-electron chi connectivity index (χ0n) is 16.0. The third-order valence-corrected chi connectivity index (χ3v) is 5.04. The molecule has 1 aliphatic heterocycles. The Morgan fingerprint density at radius 2 is 1.93 bits per heavy atom. The fraction of sp³-hybridized carbons (Fsp3) is 0.300. The second kappa shape index (κ2) is 7.09. The van der Waals surface area contributed by atoms with Crippen LogP contribution in [-0.4, -0.2) is 28.3 Å². The molecule has 0 fully saturated rings. The molecule has 1 aromatic carbocycles. The van der Waals surface area contributed by atoms with Gasteiger partial charge in [-0.05, 0) is 32.0 Å². The van der Waals surface area contributed by atoms with Crippen LogP contribution in [0.4, 0.5) is 23.2 Å². The van der Waals surface area contributed by atoms with E-state index in [0.717, 1.165) is 26.1 Å². The first-order chi connectivity index (χ1) is 13.9. The highest BCUT2D eigenvalue weighted by molar-refractivity contribution is 6.03. The maximum atomic E-state index is 15.1. The number of aromatic nitrogens is 1. The van der Waals surface area contributed by atoms with Crippen LogP contribution >= 0.6 is 0 Å². The molecule has 2 aromatic rings. The van der Waals surface area contributed by atoms with Crippen LogP contribution in [0.2, 0.25) is 0 Å². The van der Waals surface area contributed by atoms with Crippen molar-refractivity contribution in [2.45, 2.75) is 37.4 Å². The number of hydrogen-bond donors (Lipinski definition) is 2. The summed E-state index contributed by atoms with van der Waals surface area (Å²) < 4.78 is 59.1. The van der Waals surface area contributed by atoms with E-state index in [9.17, 15) is 18.0 Å². The van der Waals surface area contributed by atoms with Gasteiger partial charge in [0.1, 0.15) is 17.6 Å². The van der Waals surface area contributed by atoms with E-state index >= 15 is 4.39 Å². The minimum absolute atomic E-state index is 0.108. The number of rotatable bonds is 3. The van der Waals surface area contributed by atoms with Crippen molar-refractivity contribution in [3.05, 3.63) is 59.2 Å². The zero-order valence-corrected chi connectivity index (χ0v) is 16.0. The van der Waals surface area contributed by atoms with Crippen LogP contribution in [0.15, 0.2) is 41.5 Å². The minimum atomic E-state index is -3.75. The molecule has 0 bridgehead atoms. The van der Waals surface area contributed by atoms with Crippen LogP contribution in [0.1, 0.15) is 41.9 Å². The number of carbonyl (C=O) groups excluding carboxylic acids is 1. The van der Waals surface area contributed by atoms with E-state index in [1.165, 1.54) is 24.3 Å². The monoisotopic (exact) mass is 419 g/mol. The number of nitrogens with zero attached hydrogens (tertiary/aromatic N) is 3. The molecular formula is C20H17F4N5O. The van der Waals surface area contributed by atoms with Gasteiger partial charge in [0.05, 0.1) is 17.7 Å². The van der Waals surface area contributed by atoms with Crippen molar-refractivity contribution in [1.29, 1.82) is 5.26 Å². The van der Waals surface area contributed by atoms with E-state index < -0.39 is 46.7 Å². The van der Waals surface area contributed by atoms with Gasteiger partial charge in [0, 0.05) is 11.8 Å². The molecule has 0 radical (unpaired) electrons. The molecule has 156 valence electrons. The number of amides is 1. The summed E-state index contributed by atoms with van der Waals surface area (Å²) in [7, 11) is 0. The van der Waals surface area contributed by atoms with Crippen LogP contribution in [-0.2, 0) is 5.54 Å². The number of benzene rings is 1. The van der Waals surface area contributed by atoms with Gasteiger partial charge in [-0.2, -0.15) is 5.26 Å². The van der Waals surface area contributed by atoms with E-state index in [4.69, 9.17) is 11.0 Å². The molecule has 10 heteroatoms. The molecule has 6 nitrogen and oxygen atoms in total. The first-order valence-corrected chi connectivity index (χ1v) is 8.80. The molecule has 1 amide bonds. The SMILES string of the molecule is C[C@]1(F)CC(F)(F)[C@@](C)(c2cccc(NC(=O)c3ccc(C#N)cn3)c2F)N=C1N. The summed E-state index contributed by atoms with van der Waals surface area (Å²) in [4.78, 5) is 19.7.